The topological polar surface area (TPSA) is 52.3 Å². The Bertz CT molecular complexity index is 1060. The van der Waals surface area contributed by atoms with Crippen LogP contribution in [0.15, 0.2) is 48.5 Å². The molecule has 25 heavy (non-hydrogen) atoms. The number of benzene rings is 2. The number of hydrogen-bond acceptors (Lipinski definition) is 4. The second-order valence-electron chi connectivity index (χ2n) is 7.19. The van der Waals surface area contributed by atoms with Crippen LogP contribution in [0.4, 0.5) is 0 Å². The fraction of sp³-hybridized carbons (Fsp3) is 0.250. The number of rotatable bonds is 2. The molecule has 0 fully saturated rings. The van der Waals surface area contributed by atoms with Crippen molar-refractivity contribution in [1.29, 1.82) is 0 Å². The van der Waals surface area contributed by atoms with E-state index in [0.717, 1.165) is 22.6 Å². The van der Waals surface area contributed by atoms with Gasteiger partial charge in [0.1, 0.15) is 11.6 Å². The number of para-hydroxylation sites is 2. The van der Waals surface area contributed by atoms with E-state index in [1.54, 1.807) is 0 Å². The molecule has 0 saturated heterocycles. The molecule has 0 radical (unpaired) electrons. The van der Waals surface area contributed by atoms with Crippen LogP contribution >= 0.6 is 0 Å². The van der Waals surface area contributed by atoms with Gasteiger partial charge in [0, 0.05) is 0 Å². The van der Waals surface area contributed by atoms with Crippen LogP contribution in [-0.2, 0) is 5.41 Å². The summed E-state index contributed by atoms with van der Waals surface area (Å²) in [6.07, 6.45) is 0. The molecule has 2 heterocycles. The molecule has 4 aromatic rings. The van der Waals surface area contributed by atoms with Crippen molar-refractivity contribution in [3.63, 3.8) is 0 Å². The van der Waals surface area contributed by atoms with Crippen molar-refractivity contribution in [2.24, 2.45) is 0 Å². The van der Waals surface area contributed by atoms with E-state index in [0.29, 0.717) is 11.5 Å². The monoisotopic (exact) mass is 332 g/mol. The minimum absolute atomic E-state index is 0.108. The maximum absolute atomic E-state index is 6.05. The van der Waals surface area contributed by atoms with Gasteiger partial charge in [-0.2, -0.15) is 0 Å². The second-order valence-corrected chi connectivity index (χ2v) is 7.19. The van der Waals surface area contributed by atoms with Gasteiger partial charge in [0.15, 0.2) is 0 Å². The molecule has 2 aromatic carbocycles. The number of hydrogen-bond donors (Lipinski definition) is 0. The van der Waals surface area contributed by atoms with Crippen LogP contribution in [-0.4, -0.2) is 19.6 Å². The van der Waals surface area contributed by atoms with Crippen molar-refractivity contribution in [3.8, 4) is 11.6 Å². The number of aromatic nitrogens is 4. The minimum atomic E-state index is 0.108. The van der Waals surface area contributed by atoms with Crippen LogP contribution in [0.5, 0.6) is 11.6 Å². The molecule has 5 nitrogen and oxygen atoms in total. The summed E-state index contributed by atoms with van der Waals surface area (Å²) in [5, 5.41) is 8.43. The van der Waals surface area contributed by atoms with Crippen molar-refractivity contribution in [2.45, 2.75) is 33.1 Å². The molecule has 0 saturated carbocycles. The Morgan fingerprint density at radius 1 is 0.920 bits per heavy atom. The van der Waals surface area contributed by atoms with Gasteiger partial charge in [-0.05, 0) is 42.2 Å². The summed E-state index contributed by atoms with van der Waals surface area (Å²) in [5.41, 5.74) is 3.80. The third kappa shape index (κ3) is 2.71. The first-order valence-corrected chi connectivity index (χ1v) is 8.32. The van der Waals surface area contributed by atoms with Gasteiger partial charge in [-0.25, -0.2) is 4.98 Å². The van der Waals surface area contributed by atoms with E-state index in [4.69, 9.17) is 4.74 Å². The van der Waals surface area contributed by atoms with Crippen molar-refractivity contribution in [1.82, 2.24) is 19.6 Å². The third-order valence-corrected chi connectivity index (χ3v) is 4.30. The van der Waals surface area contributed by atoms with E-state index < -0.39 is 0 Å². The molecular formula is C20H20N4O. The Morgan fingerprint density at radius 3 is 2.36 bits per heavy atom. The Balaban J connectivity index is 1.81. The predicted octanol–water partition coefficient (Wildman–Crippen LogP) is 4.68. The van der Waals surface area contributed by atoms with Gasteiger partial charge in [0.05, 0.1) is 11.0 Å². The normalized spacial score (nSPS) is 12.0. The Labute approximate surface area is 146 Å². The highest BCUT2D eigenvalue weighted by atomic mass is 16.5. The Hall–Kier alpha value is -2.95. The Morgan fingerprint density at radius 2 is 1.64 bits per heavy atom. The summed E-state index contributed by atoms with van der Waals surface area (Å²) >= 11 is 0. The van der Waals surface area contributed by atoms with Crippen molar-refractivity contribution >= 4 is 16.7 Å². The first kappa shape index (κ1) is 15.6. The maximum Gasteiger partial charge on any atom is 0.266 e. The average molecular weight is 332 g/mol. The zero-order chi connectivity index (χ0) is 17.6. The maximum atomic E-state index is 6.05. The number of ether oxygens (including phenoxy) is 1. The average Bonchev–Trinajstić information content (AvgIpc) is 2.97. The molecule has 0 amide bonds. The summed E-state index contributed by atoms with van der Waals surface area (Å²) in [4.78, 5) is 4.64. The Kier molecular flexibility index (Phi) is 3.46. The molecule has 0 aliphatic heterocycles. The van der Waals surface area contributed by atoms with Crippen LogP contribution in [0.1, 0.15) is 32.2 Å². The molecule has 0 bridgehead atoms. The molecule has 0 aliphatic rings. The summed E-state index contributed by atoms with van der Waals surface area (Å²) in [6.45, 7) is 8.50. The molecule has 0 spiro atoms. The molecule has 5 heteroatoms. The van der Waals surface area contributed by atoms with Crippen LogP contribution in [0.25, 0.3) is 16.7 Å². The van der Waals surface area contributed by atoms with Gasteiger partial charge in [-0.3, -0.25) is 4.40 Å². The molecule has 2 aromatic heterocycles. The van der Waals surface area contributed by atoms with E-state index in [1.807, 2.05) is 47.7 Å². The third-order valence-electron chi connectivity index (χ3n) is 4.30. The van der Waals surface area contributed by atoms with E-state index in [1.165, 1.54) is 5.56 Å². The fourth-order valence-electron chi connectivity index (χ4n) is 2.90. The zero-order valence-electron chi connectivity index (χ0n) is 14.8. The van der Waals surface area contributed by atoms with Gasteiger partial charge < -0.3 is 4.74 Å². The van der Waals surface area contributed by atoms with E-state index in [2.05, 4.69) is 48.1 Å². The highest BCUT2D eigenvalue weighted by Gasteiger charge is 2.16. The minimum Gasteiger partial charge on any atom is -0.436 e. The molecule has 126 valence electrons. The van der Waals surface area contributed by atoms with Crippen molar-refractivity contribution < 1.29 is 4.74 Å². The van der Waals surface area contributed by atoms with E-state index in [9.17, 15) is 0 Å². The van der Waals surface area contributed by atoms with Gasteiger partial charge in [0.2, 0.25) is 5.65 Å². The largest absolute Gasteiger partial charge is 0.436 e. The summed E-state index contributed by atoms with van der Waals surface area (Å²) < 4.78 is 8.02. The summed E-state index contributed by atoms with van der Waals surface area (Å²) in [5.74, 6) is 2.00. The van der Waals surface area contributed by atoms with Gasteiger partial charge in [-0.15, -0.1) is 10.2 Å². The quantitative estimate of drug-likeness (QED) is 0.535. The fourth-order valence-corrected chi connectivity index (χ4v) is 2.90. The van der Waals surface area contributed by atoms with Crippen LogP contribution in [0.2, 0.25) is 0 Å². The van der Waals surface area contributed by atoms with Gasteiger partial charge in [-0.1, -0.05) is 45.0 Å². The standard InChI is InChI=1S/C20H20N4O/c1-13-22-23-18-19(21-16-7-5-6-8-17(16)24(13)18)25-15-11-9-14(10-12-15)20(2,3)4/h5-12H,1-4H3. The zero-order valence-corrected chi connectivity index (χ0v) is 14.8. The highest BCUT2D eigenvalue weighted by Crippen LogP contribution is 2.29. The highest BCUT2D eigenvalue weighted by molar-refractivity contribution is 5.79. The first-order chi connectivity index (χ1) is 11.9. The van der Waals surface area contributed by atoms with E-state index in [-0.39, 0.29) is 5.41 Å². The first-order valence-electron chi connectivity index (χ1n) is 8.32. The van der Waals surface area contributed by atoms with Crippen molar-refractivity contribution in [2.75, 3.05) is 0 Å². The number of fused-ring (bicyclic) bond motifs is 3. The number of nitrogens with zero attached hydrogens (tertiary/aromatic N) is 4. The molecule has 0 aliphatic carbocycles. The molecule has 0 unspecified atom stereocenters. The van der Waals surface area contributed by atoms with Crippen LogP contribution in [0.3, 0.4) is 0 Å². The van der Waals surface area contributed by atoms with Gasteiger partial charge >= 0.3 is 0 Å². The lowest BCUT2D eigenvalue weighted by Gasteiger charge is -2.19. The SMILES string of the molecule is Cc1nnc2c(Oc3ccc(C(C)(C)C)cc3)nc3ccccc3n12. The van der Waals surface area contributed by atoms with E-state index >= 15 is 0 Å². The molecule has 4 rings (SSSR count). The van der Waals surface area contributed by atoms with Crippen molar-refractivity contribution in [3.05, 3.63) is 59.9 Å². The molecule has 0 atom stereocenters. The van der Waals surface area contributed by atoms with Crippen LogP contribution < -0.4 is 4.74 Å². The molecule has 0 N–H and O–H groups in total. The number of aryl methyl sites for hydroxylation is 1. The summed E-state index contributed by atoms with van der Waals surface area (Å²) in [7, 11) is 0. The predicted molar refractivity (Wildman–Crippen MR) is 98.2 cm³/mol. The van der Waals surface area contributed by atoms with Gasteiger partial charge in [0.25, 0.3) is 5.88 Å². The lowest BCUT2D eigenvalue weighted by atomic mass is 9.87. The van der Waals surface area contributed by atoms with Crippen LogP contribution in [0, 0.1) is 6.92 Å². The lowest BCUT2D eigenvalue weighted by Crippen LogP contribution is -2.10. The summed E-state index contributed by atoms with van der Waals surface area (Å²) in [6, 6.07) is 16.0. The molecular weight excluding hydrogens is 312 g/mol. The lowest BCUT2D eigenvalue weighted by molar-refractivity contribution is 0.466. The second kappa shape index (κ2) is 5.55. The smallest absolute Gasteiger partial charge is 0.266 e.